The summed E-state index contributed by atoms with van der Waals surface area (Å²) in [6.07, 6.45) is 1.51. The van der Waals surface area contributed by atoms with Gasteiger partial charge in [0.2, 0.25) is 0 Å². The van der Waals surface area contributed by atoms with Gasteiger partial charge in [-0.05, 0) is 33.6 Å². The highest BCUT2D eigenvalue weighted by atomic mass is 79.9. The Kier molecular flexibility index (Phi) is 2.98. The molecule has 16 heavy (non-hydrogen) atoms. The smallest absolute Gasteiger partial charge is 0.305 e. The van der Waals surface area contributed by atoms with Gasteiger partial charge in [0.15, 0.2) is 0 Å². The van der Waals surface area contributed by atoms with E-state index in [4.69, 9.17) is 15.3 Å². The van der Waals surface area contributed by atoms with E-state index in [1.165, 1.54) is 0 Å². The third-order valence-corrected chi connectivity index (χ3v) is 2.99. The normalized spacial score (nSPS) is 12.9. The van der Waals surface area contributed by atoms with Crippen LogP contribution in [-0.4, -0.2) is 11.1 Å². The van der Waals surface area contributed by atoms with Gasteiger partial charge in [0, 0.05) is 11.4 Å². The molecule has 1 aromatic heterocycles. The topological polar surface area (TPSA) is 76.5 Å². The lowest BCUT2D eigenvalue weighted by Gasteiger charge is -2.08. The van der Waals surface area contributed by atoms with Crippen molar-refractivity contribution >= 4 is 32.9 Å². The van der Waals surface area contributed by atoms with Crippen molar-refractivity contribution in [2.24, 2.45) is 5.73 Å². The van der Waals surface area contributed by atoms with Crippen LogP contribution in [0.1, 0.15) is 18.0 Å². The van der Waals surface area contributed by atoms with Crippen LogP contribution in [0.2, 0.25) is 0 Å². The van der Waals surface area contributed by atoms with Gasteiger partial charge in [-0.1, -0.05) is 6.07 Å². The first-order valence-corrected chi connectivity index (χ1v) is 5.51. The van der Waals surface area contributed by atoms with Crippen molar-refractivity contribution in [1.82, 2.24) is 0 Å². The molecule has 0 saturated carbocycles. The lowest BCUT2D eigenvalue weighted by Crippen LogP contribution is -2.14. The minimum absolute atomic E-state index is 0.0824. The Balaban J connectivity index is 2.38. The SMILES string of the molecule is NC(CC(=O)O)c1ccc2occ(Br)c2c1. The van der Waals surface area contributed by atoms with Crippen LogP contribution in [0.4, 0.5) is 0 Å². The number of carboxylic acid groups (broad SMARTS) is 1. The molecule has 1 atom stereocenters. The molecule has 1 heterocycles. The van der Waals surface area contributed by atoms with Gasteiger partial charge in [0.25, 0.3) is 0 Å². The van der Waals surface area contributed by atoms with E-state index in [1.807, 2.05) is 6.07 Å². The molecule has 0 aliphatic heterocycles. The molecule has 0 radical (unpaired) electrons. The number of hydrogen-bond donors (Lipinski definition) is 2. The van der Waals surface area contributed by atoms with Gasteiger partial charge in [-0.3, -0.25) is 4.79 Å². The van der Waals surface area contributed by atoms with Crippen molar-refractivity contribution in [2.45, 2.75) is 12.5 Å². The number of hydrogen-bond acceptors (Lipinski definition) is 3. The summed E-state index contributed by atoms with van der Waals surface area (Å²) in [5.74, 6) is -0.904. The van der Waals surface area contributed by atoms with Gasteiger partial charge >= 0.3 is 5.97 Å². The molecule has 84 valence electrons. The summed E-state index contributed by atoms with van der Waals surface area (Å²) < 4.78 is 6.10. The van der Waals surface area contributed by atoms with Crippen molar-refractivity contribution in [3.05, 3.63) is 34.5 Å². The van der Waals surface area contributed by atoms with Gasteiger partial charge in [-0.15, -0.1) is 0 Å². The average Bonchev–Trinajstić information content (AvgIpc) is 2.59. The van der Waals surface area contributed by atoms with E-state index in [2.05, 4.69) is 15.9 Å². The molecule has 5 heteroatoms. The highest BCUT2D eigenvalue weighted by Crippen LogP contribution is 2.28. The second kappa shape index (κ2) is 4.27. The molecule has 0 saturated heterocycles. The average molecular weight is 284 g/mol. The number of nitrogens with two attached hydrogens (primary N) is 1. The second-order valence-corrected chi connectivity index (χ2v) is 4.40. The predicted molar refractivity (Wildman–Crippen MR) is 63.1 cm³/mol. The van der Waals surface area contributed by atoms with E-state index in [1.54, 1.807) is 18.4 Å². The summed E-state index contributed by atoms with van der Waals surface area (Å²) in [5.41, 5.74) is 7.32. The number of benzene rings is 1. The van der Waals surface area contributed by atoms with Crippen molar-refractivity contribution in [2.75, 3.05) is 0 Å². The van der Waals surface area contributed by atoms with E-state index in [0.717, 1.165) is 21.0 Å². The van der Waals surface area contributed by atoms with E-state index in [9.17, 15) is 4.79 Å². The van der Waals surface area contributed by atoms with E-state index < -0.39 is 12.0 Å². The van der Waals surface area contributed by atoms with Gasteiger partial charge in [0.05, 0.1) is 10.9 Å². The standard InChI is InChI=1S/C11H10BrNO3/c12-8-5-16-10-2-1-6(3-7(8)10)9(13)4-11(14)15/h1-3,5,9H,4,13H2,(H,14,15). The predicted octanol–water partition coefficient (Wildman–Crippen LogP) is 2.67. The molecule has 0 spiro atoms. The summed E-state index contributed by atoms with van der Waals surface area (Å²) in [6.45, 7) is 0. The second-order valence-electron chi connectivity index (χ2n) is 3.54. The fraction of sp³-hybridized carbons (Fsp3) is 0.182. The summed E-state index contributed by atoms with van der Waals surface area (Å²) in [7, 11) is 0. The molecule has 1 aromatic carbocycles. The Morgan fingerprint density at radius 2 is 2.31 bits per heavy atom. The van der Waals surface area contributed by atoms with Crippen LogP contribution in [0.3, 0.4) is 0 Å². The third-order valence-electron chi connectivity index (χ3n) is 2.37. The zero-order chi connectivity index (χ0) is 11.7. The van der Waals surface area contributed by atoms with Gasteiger partial charge in [0.1, 0.15) is 11.8 Å². The fourth-order valence-electron chi connectivity index (χ4n) is 1.55. The lowest BCUT2D eigenvalue weighted by atomic mass is 10.0. The highest BCUT2D eigenvalue weighted by Gasteiger charge is 2.12. The van der Waals surface area contributed by atoms with Crippen molar-refractivity contribution in [3.63, 3.8) is 0 Å². The fourth-order valence-corrected chi connectivity index (χ4v) is 1.96. The Morgan fingerprint density at radius 1 is 1.56 bits per heavy atom. The molecule has 0 aliphatic rings. The third kappa shape index (κ3) is 2.10. The molecule has 3 N–H and O–H groups in total. The highest BCUT2D eigenvalue weighted by molar-refractivity contribution is 9.10. The zero-order valence-corrected chi connectivity index (χ0v) is 9.90. The molecule has 1 unspecified atom stereocenters. The van der Waals surface area contributed by atoms with Crippen LogP contribution in [0.5, 0.6) is 0 Å². The van der Waals surface area contributed by atoms with Crippen LogP contribution in [0, 0.1) is 0 Å². The van der Waals surface area contributed by atoms with E-state index in [0.29, 0.717) is 0 Å². The summed E-state index contributed by atoms with van der Waals surface area (Å²) >= 11 is 3.35. The minimum Gasteiger partial charge on any atom is -0.481 e. The lowest BCUT2D eigenvalue weighted by molar-refractivity contribution is -0.137. The molecule has 2 rings (SSSR count). The van der Waals surface area contributed by atoms with Gasteiger partial charge < -0.3 is 15.3 Å². The summed E-state index contributed by atoms with van der Waals surface area (Å²) in [6, 6.07) is 4.92. The first-order chi connectivity index (χ1) is 7.58. The molecular formula is C11H10BrNO3. The quantitative estimate of drug-likeness (QED) is 0.908. The first kappa shape index (κ1) is 11.2. The maximum Gasteiger partial charge on any atom is 0.305 e. The Labute approximate surface area is 100 Å². The van der Waals surface area contributed by atoms with Crippen LogP contribution in [-0.2, 0) is 4.79 Å². The maximum atomic E-state index is 10.6. The van der Waals surface area contributed by atoms with Crippen molar-refractivity contribution < 1.29 is 14.3 Å². The van der Waals surface area contributed by atoms with Crippen LogP contribution < -0.4 is 5.73 Å². The minimum atomic E-state index is -0.904. The van der Waals surface area contributed by atoms with E-state index >= 15 is 0 Å². The molecule has 0 fully saturated rings. The Morgan fingerprint density at radius 3 is 3.00 bits per heavy atom. The van der Waals surface area contributed by atoms with Crippen LogP contribution in [0.25, 0.3) is 11.0 Å². The molecule has 0 amide bonds. The zero-order valence-electron chi connectivity index (χ0n) is 8.31. The largest absolute Gasteiger partial charge is 0.481 e. The number of fused-ring (bicyclic) bond motifs is 1. The first-order valence-electron chi connectivity index (χ1n) is 4.72. The number of carbonyl (C=O) groups is 1. The molecule has 0 bridgehead atoms. The number of aliphatic carboxylic acids is 1. The van der Waals surface area contributed by atoms with Gasteiger partial charge in [-0.25, -0.2) is 0 Å². The summed E-state index contributed by atoms with van der Waals surface area (Å²) in [4.78, 5) is 10.6. The monoisotopic (exact) mass is 283 g/mol. The Bertz CT molecular complexity index is 535. The number of furan rings is 1. The van der Waals surface area contributed by atoms with Crippen LogP contribution >= 0.6 is 15.9 Å². The van der Waals surface area contributed by atoms with E-state index in [-0.39, 0.29) is 6.42 Å². The molecular weight excluding hydrogens is 274 g/mol. The molecule has 4 nitrogen and oxygen atoms in total. The molecule has 0 aliphatic carbocycles. The number of carboxylic acids is 1. The van der Waals surface area contributed by atoms with Gasteiger partial charge in [-0.2, -0.15) is 0 Å². The van der Waals surface area contributed by atoms with Crippen molar-refractivity contribution in [1.29, 1.82) is 0 Å². The van der Waals surface area contributed by atoms with Crippen LogP contribution in [0.15, 0.2) is 33.4 Å². The number of rotatable bonds is 3. The molecule has 2 aromatic rings. The van der Waals surface area contributed by atoms with Crippen molar-refractivity contribution in [3.8, 4) is 0 Å². The number of halogens is 1. The Hall–Kier alpha value is -1.33. The maximum absolute atomic E-state index is 10.6. The summed E-state index contributed by atoms with van der Waals surface area (Å²) in [5, 5.41) is 9.57.